The first-order chi connectivity index (χ1) is 6.38. The Morgan fingerprint density at radius 3 is 2.00 bits per heavy atom. The minimum Gasteiger partial charge on any atom is -0.338 e. The van der Waals surface area contributed by atoms with Crippen molar-refractivity contribution in [1.29, 1.82) is 0 Å². The van der Waals surface area contributed by atoms with Gasteiger partial charge >= 0.3 is 6.98 Å². The molecule has 0 saturated carbocycles. The Bertz CT molecular complexity index is 220. The maximum absolute atomic E-state index is 3.39. The molecule has 0 spiro atoms. The lowest BCUT2D eigenvalue weighted by Crippen LogP contribution is -2.55. The van der Waals surface area contributed by atoms with Gasteiger partial charge in [-0.3, -0.25) is 0 Å². The van der Waals surface area contributed by atoms with Gasteiger partial charge in [0.15, 0.2) is 0 Å². The van der Waals surface area contributed by atoms with E-state index in [2.05, 4.69) is 48.6 Å². The van der Waals surface area contributed by atoms with Gasteiger partial charge in [0.1, 0.15) is 0 Å². The van der Waals surface area contributed by atoms with E-state index in [-0.39, 0.29) is 6.98 Å². The van der Waals surface area contributed by atoms with Crippen LogP contribution in [0, 0.1) is 0 Å². The van der Waals surface area contributed by atoms with Gasteiger partial charge in [0.2, 0.25) is 0 Å². The van der Waals surface area contributed by atoms with Crippen molar-refractivity contribution in [3.05, 3.63) is 30.3 Å². The zero-order valence-corrected chi connectivity index (χ0v) is 8.38. The molecule has 1 rings (SSSR count). The van der Waals surface area contributed by atoms with Gasteiger partial charge in [-0.05, 0) is 18.6 Å². The molecule has 2 N–H and O–H groups in total. The van der Waals surface area contributed by atoms with Gasteiger partial charge in [-0.25, -0.2) is 0 Å². The highest BCUT2D eigenvalue weighted by Crippen LogP contribution is 1.83. The van der Waals surface area contributed by atoms with Crippen LogP contribution in [0.3, 0.4) is 0 Å². The largest absolute Gasteiger partial charge is 0.340 e. The lowest BCUT2D eigenvalue weighted by molar-refractivity contribution is 0.906. The van der Waals surface area contributed by atoms with Crippen LogP contribution >= 0.6 is 0 Å². The van der Waals surface area contributed by atoms with Crippen LogP contribution in [-0.4, -0.2) is 20.1 Å². The standard InChI is InChI=1S/C10H17BN2/c1-3-12-11(13-4-2)10-8-6-5-7-9-10/h5-9,12-13H,3-4H2,1-2H3. The van der Waals surface area contributed by atoms with Crippen molar-refractivity contribution in [2.75, 3.05) is 13.1 Å². The lowest BCUT2D eigenvalue weighted by atomic mass is 9.68. The van der Waals surface area contributed by atoms with Crippen LogP contribution in [-0.2, 0) is 0 Å². The Hall–Kier alpha value is -0.795. The first-order valence-electron chi connectivity index (χ1n) is 4.90. The molecule has 13 heavy (non-hydrogen) atoms. The highest BCUT2D eigenvalue weighted by molar-refractivity contribution is 6.68. The van der Waals surface area contributed by atoms with Gasteiger partial charge < -0.3 is 10.5 Å². The molecular weight excluding hydrogens is 159 g/mol. The van der Waals surface area contributed by atoms with Gasteiger partial charge in [-0.1, -0.05) is 44.2 Å². The lowest BCUT2D eigenvalue weighted by Gasteiger charge is -2.14. The van der Waals surface area contributed by atoms with Crippen molar-refractivity contribution >= 4 is 12.4 Å². The number of hydrogen-bond donors (Lipinski definition) is 2. The fourth-order valence-electron chi connectivity index (χ4n) is 1.36. The predicted molar refractivity (Wildman–Crippen MR) is 59.2 cm³/mol. The summed E-state index contributed by atoms with van der Waals surface area (Å²) in [4.78, 5) is 0. The van der Waals surface area contributed by atoms with Crippen molar-refractivity contribution in [3.63, 3.8) is 0 Å². The van der Waals surface area contributed by atoms with Gasteiger partial charge in [0.05, 0.1) is 0 Å². The van der Waals surface area contributed by atoms with E-state index in [0.717, 1.165) is 13.1 Å². The molecule has 0 heterocycles. The summed E-state index contributed by atoms with van der Waals surface area (Å²) < 4.78 is 0. The Morgan fingerprint density at radius 1 is 1.00 bits per heavy atom. The molecule has 0 aliphatic carbocycles. The van der Waals surface area contributed by atoms with E-state index in [4.69, 9.17) is 0 Å². The van der Waals surface area contributed by atoms with Crippen LogP contribution in [0.1, 0.15) is 13.8 Å². The highest BCUT2D eigenvalue weighted by Gasteiger charge is 2.13. The highest BCUT2D eigenvalue weighted by atomic mass is 14.9. The van der Waals surface area contributed by atoms with E-state index in [0.29, 0.717) is 0 Å². The van der Waals surface area contributed by atoms with Crippen molar-refractivity contribution in [3.8, 4) is 0 Å². The zero-order valence-electron chi connectivity index (χ0n) is 8.38. The molecule has 0 fully saturated rings. The van der Waals surface area contributed by atoms with E-state index in [1.54, 1.807) is 0 Å². The maximum atomic E-state index is 3.39. The molecular formula is C10H17BN2. The summed E-state index contributed by atoms with van der Waals surface area (Å²) >= 11 is 0. The van der Waals surface area contributed by atoms with E-state index in [9.17, 15) is 0 Å². The molecule has 0 aliphatic rings. The first kappa shape index (κ1) is 10.3. The summed E-state index contributed by atoms with van der Waals surface area (Å²) in [6.07, 6.45) is 0. The summed E-state index contributed by atoms with van der Waals surface area (Å²) in [6, 6.07) is 10.4. The molecule has 0 atom stereocenters. The molecule has 1 aromatic carbocycles. The Morgan fingerprint density at radius 2 is 1.54 bits per heavy atom. The van der Waals surface area contributed by atoms with Crippen LogP contribution in [0.25, 0.3) is 0 Å². The van der Waals surface area contributed by atoms with E-state index in [1.165, 1.54) is 5.46 Å². The quantitative estimate of drug-likeness (QED) is 0.642. The van der Waals surface area contributed by atoms with Crippen molar-refractivity contribution in [2.24, 2.45) is 0 Å². The number of hydrogen-bond acceptors (Lipinski definition) is 2. The maximum Gasteiger partial charge on any atom is 0.340 e. The minimum absolute atomic E-state index is 0.288. The molecule has 0 radical (unpaired) electrons. The van der Waals surface area contributed by atoms with E-state index < -0.39 is 0 Å². The SMILES string of the molecule is CCNB(NCC)c1ccccc1. The first-order valence-corrected chi connectivity index (χ1v) is 4.90. The molecule has 0 saturated heterocycles. The average Bonchev–Trinajstić information content (AvgIpc) is 2.19. The van der Waals surface area contributed by atoms with Crippen LogP contribution in [0.2, 0.25) is 0 Å². The molecule has 0 bridgehead atoms. The second kappa shape index (κ2) is 5.78. The van der Waals surface area contributed by atoms with E-state index in [1.807, 2.05) is 6.07 Å². The van der Waals surface area contributed by atoms with Gasteiger partial charge in [-0.2, -0.15) is 0 Å². The molecule has 70 valence electrons. The summed E-state index contributed by atoms with van der Waals surface area (Å²) in [5.74, 6) is 0. The molecule has 2 nitrogen and oxygen atoms in total. The fraction of sp³-hybridized carbons (Fsp3) is 0.400. The molecule has 1 aromatic rings. The second-order valence-corrected chi connectivity index (χ2v) is 2.96. The molecule has 0 unspecified atom stereocenters. The summed E-state index contributed by atoms with van der Waals surface area (Å²) in [6.45, 7) is 6.48. The number of benzene rings is 1. The van der Waals surface area contributed by atoms with Crippen molar-refractivity contribution in [1.82, 2.24) is 10.5 Å². The number of nitrogens with one attached hydrogen (secondary N) is 2. The Labute approximate surface area is 80.9 Å². The average molecular weight is 176 g/mol. The minimum atomic E-state index is 0.288. The Kier molecular flexibility index (Phi) is 4.58. The topological polar surface area (TPSA) is 24.1 Å². The third-order valence-electron chi connectivity index (χ3n) is 1.95. The van der Waals surface area contributed by atoms with Gasteiger partial charge in [0.25, 0.3) is 0 Å². The van der Waals surface area contributed by atoms with Crippen LogP contribution in [0.4, 0.5) is 0 Å². The van der Waals surface area contributed by atoms with Crippen molar-refractivity contribution < 1.29 is 0 Å². The third-order valence-corrected chi connectivity index (χ3v) is 1.95. The fourth-order valence-corrected chi connectivity index (χ4v) is 1.36. The molecule has 3 heteroatoms. The summed E-state index contributed by atoms with van der Waals surface area (Å²) in [5.41, 5.74) is 1.30. The van der Waals surface area contributed by atoms with Crippen LogP contribution in [0.5, 0.6) is 0 Å². The monoisotopic (exact) mass is 176 g/mol. The smallest absolute Gasteiger partial charge is 0.338 e. The number of rotatable bonds is 5. The third kappa shape index (κ3) is 3.21. The molecule has 0 aliphatic heterocycles. The van der Waals surface area contributed by atoms with Crippen LogP contribution in [0.15, 0.2) is 30.3 Å². The van der Waals surface area contributed by atoms with Crippen LogP contribution < -0.4 is 15.9 Å². The van der Waals surface area contributed by atoms with Gasteiger partial charge in [0, 0.05) is 0 Å². The summed E-state index contributed by atoms with van der Waals surface area (Å²) in [7, 11) is 0. The van der Waals surface area contributed by atoms with Gasteiger partial charge in [-0.15, -0.1) is 0 Å². The predicted octanol–water partition coefficient (Wildman–Crippen LogP) is 0.601. The Balaban J connectivity index is 2.64. The second-order valence-electron chi connectivity index (χ2n) is 2.96. The normalized spacial score (nSPS) is 10.0. The van der Waals surface area contributed by atoms with E-state index >= 15 is 0 Å². The molecule has 0 amide bonds. The van der Waals surface area contributed by atoms with Crippen molar-refractivity contribution in [2.45, 2.75) is 13.8 Å². The molecule has 0 aromatic heterocycles. The summed E-state index contributed by atoms with van der Waals surface area (Å²) in [5, 5.41) is 6.78. The zero-order chi connectivity index (χ0) is 9.52.